The molecule has 3 aromatic rings. The molecule has 1 fully saturated rings. The largest absolute Gasteiger partial charge is 0.348 e. The smallest absolute Gasteiger partial charge is 0.342 e. The van der Waals surface area contributed by atoms with E-state index in [0.29, 0.717) is 41.1 Å². The topological polar surface area (TPSA) is 71.0 Å². The van der Waals surface area contributed by atoms with Crippen molar-refractivity contribution in [3.8, 4) is 5.69 Å². The zero-order chi connectivity index (χ0) is 20.4. The summed E-state index contributed by atoms with van der Waals surface area (Å²) in [6.45, 7) is 1.28. The highest BCUT2D eigenvalue weighted by Gasteiger charge is 2.26. The maximum Gasteiger partial charge on any atom is 0.348 e. The highest BCUT2D eigenvalue weighted by Crippen LogP contribution is 2.26. The molecule has 150 valence electrons. The molecule has 1 saturated heterocycles. The number of H-pyrrole nitrogens is 1. The molecular weight excluding hydrogens is 411 g/mol. The minimum absolute atomic E-state index is 0.0888. The molecule has 0 atom stereocenters. The zero-order valence-corrected chi connectivity index (χ0v) is 17.2. The van der Waals surface area contributed by atoms with Gasteiger partial charge in [-0.1, -0.05) is 35.3 Å². The standard InChI is InChI=1S/C21H20Cl2N4O2/c22-16-4-6-18(7-5-16)27-21(29)24-20(25-27)15-8-10-26(11-9-15)19(28)13-14-2-1-3-17(23)12-14/h1-7,12,15H,8-11,13H2,(H,24,25,29). The van der Waals surface area contributed by atoms with Crippen LogP contribution >= 0.6 is 23.2 Å². The summed E-state index contributed by atoms with van der Waals surface area (Å²) in [5, 5.41) is 5.71. The van der Waals surface area contributed by atoms with Crippen LogP contribution < -0.4 is 5.69 Å². The number of aromatic amines is 1. The van der Waals surface area contributed by atoms with Gasteiger partial charge in [-0.25, -0.2) is 4.79 Å². The van der Waals surface area contributed by atoms with Crippen LogP contribution in [0.15, 0.2) is 53.3 Å². The summed E-state index contributed by atoms with van der Waals surface area (Å²) in [5.74, 6) is 0.865. The van der Waals surface area contributed by atoms with Crippen LogP contribution in [0.3, 0.4) is 0 Å². The van der Waals surface area contributed by atoms with Gasteiger partial charge in [0.25, 0.3) is 0 Å². The fourth-order valence-electron chi connectivity index (χ4n) is 3.62. The summed E-state index contributed by atoms with van der Waals surface area (Å²) >= 11 is 11.9. The van der Waals surface area contributed by atoms with Crippen LogP contribution in [-0.4, -0.2) is 38.7 Å². The van der Waals surface area contributed by atoms with Crippen molar-refractivity contribution < 1.29 is 4.79 Å². The van der Waals surface area contributed by atoms with Crippen molar-refractivity contribution in [2.24, 2.45) is 0 Å². The fourth-order valence-corrected chi connectivity index (χ4v) is 3.96. The summed E-state index contributed by atoms with van der Waals surface area (Å²) < 4.78 is 1.35. The van der Waals surface area contributed by atoms with E-state index in [2.05, 4.69) is 10.1 Å². The fraction of sp³-hybridized carbons (Fsp3) is 0.286. The predicted molar refractivity (Wildman–Crippen MR) is 113 cm³/mol. The van der Waals surface area contributed by atoms with Crippen LogP contribution in [0.5, 0.6) is 0 Å². The molecule has 0 saturated carbocycles. The molecule has 0 radical (unpaired) electrons. The van der Waals surface area contributed by atoms with Crippen molar-refractivity contribution in [3.63, 3.8) is 0 Å². The second-order valence-electron chi connectivity index (χ2n) is 7.17. The lowest BCUT2D eigenvalue weighted by atomic mass is 9.95. The van der Waals surface area contributed by atoms with Gasteiger partial charge < -0.3 is 4.90 Å². The number of halogens is 2. The van der Waals surface area contributed by atoms with Crippen LogP contribution in [0.25, 0.3) is 5.69 Å². The molecule has 29 heavy (non-hydrogen) atoms. The first-order valence-electron chi connectivity index (χ1n) is 9.47. The van der Waals surface area contributed by atoms with Gasteiger partial charge in [-0.05, 0) is 54.8 Å². The first-order chi connectivity index (χ1) is 14.0. The Hall–Kier alpha value is -2.57. The van der Waals surface area contributed by atoms with Gasteiger partial charge in [0, 0.05) is 29.1 Å². The van der Waals surface area contributed by atoms with E-state index in [1.807, 2.05) is 23.1 Å². The van der Waals surface area contributed by atoms with E-state index in [0.717, 1.165) is 18.4 Å². The second-order valence-corrected chi connectivity index (χ2v) is 8.04. The minimum atomic E-state index is -0.276. The molecule has 1 amide bonds. The normalized spacial score (nSPS) is 14.9. The Labute approximate surface area is 178 Å². The number of likely N-dealkylation sites (tertiary alicyclic amines) is 1. The molecule has 1 aromatic heterocycles. The molecular formula is C21H20Cl2N4O2. The number of aromatic nitrogens is 3. The van der Waals surface area contributed by atoms with Crippen LogP contribution in [0, 0.1) is 0 Å². The van der Waals surface area contributed by atoms with E-state index in [4.69, 9.17) is 23.2 Å². The molecule has 2 aromatic carbocycles. The van der Waals surface area contributed by atoms with Crippen LogP contribution in [0.2, 0.25) is 10.0 Å². The molecule has 1 N–H and O–H groups in total. The number of hydrogen-bond donors (Lipinski definition) is 1. The van der Waals surface area contributed by atoms with Gasteiger partial charge in [0.2, 0.25) is 5.91 Å². The lowest BCUT2D eigenvalue weighted by Gasteiger charge is -2.31. The summed E-state index contributed by atoms with van der Waals surface area (Å²) in [4.78, 5) is 29.6. The number of nitrogens with zero attached hydrogens (tertiary/aromatic N) is 3. The molecule has 0 unspecified atom stereocenters. The lowest BCUT2D eigenvalue weighted by molar-refractivity contribution is -0.131. The number of carbonyl (C=O) groups excluding carboxylic acids is 1. The summed E-state index contributed by atoms with van der Waals surface area (Å²) in [6.07, 6.45) is 1.86. The molecule has 6 nitrogen and oxygen atoms in total. The van der Waals surface area contributed by atoms with E-state index < -0.39 is 0 Å². The Bertz CT molecular complexity index is 1070. The average molecular weight is 431 g/mol. The Balaban J connectivity index is 1.39. The average Bonchev–Trinajstić information content (AvgIpc) is 3.10. The summed E-state index contributed by atoms with van der Waals surface area (Å²) in [5.41, 5.74) is 1.30. The maximum atomic E-state index is 12.6. The number of piperidine rings is 1. The van der Waals surface area contributed by atoms with Gasteiger partial charge >= 0.3 is 5.69 Å². The first-order valence-corrected chi connectivity index (χ1v) is 10.2. The van der Waals surface area contributed by atoms with Gasteiger partial charge in [-0.15, -0.1) is 5.10 Å². The van der Waals surface area contributed by atoms with Crippen molar-refractivity contribution in [2.45, 2.75) is 25.2 Å². The van der Waals surface area contributed by atoms with E-state index >= 15 is 0 Å². The van der Waals surface area contributed by atoms with Crippen molar-refractivity contribution in [1.29, 1.82) is 0 Å². The first kappa shape index (κ1) is 19.7. The second kappa shape index (κ2) is 8.43. The van der Waals surface area contributed by atoms with Gasteiger partial charge in [-0.2, -0.15) is 4.68 Å². The molecule has 8 heteroatoms. The zero-order valence-electron chi connectivity index (χ0n) is 15.6. The van der Waals surface area contributed by atoms with E-state index in [-0.39, 0.29) is 17.5 Å². The highest BCUT2D eigenvalue weighted by molar-refractivity contribution is 6.30. The number of carbonyl (C=O) groups is 1. The van der Waals surface area contributed by atoms with Gasteiger partial charge in [0.05, 0.1) is 12.1 Å². The third kappa shape index (κ3) is 4.54. The molecule has 0 bridgehead atoms. The molecule has 1 aliphatic rings. The number of hydrogen-bond acceptors (Lipinski definition) is 3. The van der Waals surface area contributed by atoms with Crippen molar-refractivity contribution >= 4 is 29.1 Å². The van der Waals surface area contributed by atoms with E-state index in [1.165, 1.54) is 4.68 Å². The van der Waals surface area contributed by atoms with E-state index in [1.54, 1.807) is 30.3 Å². The van der Waals surface area contributed by atoms with Crippen LogP contribution in [0.4, 0.5) is 0 Å². The number of rotatable bonds is 4. The summed E-state index contributed by atoms with van der Waals surface area (Å²) in [7, 11) is 0. The Morgan fingerprint density at radius 1 is 1.07 bits per heavy atom. The third-order valence-corrected chi connectivity index (χ3v) is 5.67. The van der Waals surface area contributed by atoms with Crippen molar-refractivity contribution in [2.75, 3.05) is 13.1 Å². The number of amides is 1. The molecule has 4 rings (SSSR count). The minimum Gasteiger partial charge on any atom is -0.342 e. The molecule has 1 aliphatic heterocycles. The van der Waals surface area contributed by atoms with E-state index in [9.17, 15) is 9.59 Å². The Morgan fingerprint density at radius 3 is 2.48 bits per heavy atom. The Morgan fingerprint density at radius 2 is 1.79 bits per heavy atom. The van der Waals surface area contributed by atoms with Crippen molar-refractivity contribution in [1.82, 2.24) is 19.7 Å². The predicted octanol–water partition coefficient (Wildman–Crippen LogP) is 3.82. The SMILES string of the molecule is O=C(Cc1cccc(Cl)c1)N1CCC(c2nn(-c3ccc(Cl)cc3)c(=O)[nH]2)CC1. The van der Waals surface area contributed by atoms with Crippen LogP contribution in [-0.2, 0) is 11.2 Å². The van der Waals surface area contributed by atoms with Gasteiger partial charge in [0.1, 0.15) is 5.82 Å². The Kier molecular flexibility index (Phi) is 5.74. The molecule has 2 heterocycles. The summed E-state index contributed by atoms with van der Waals surface area (Å²) in [6, 6.07) is 14.3. The van der Waals surface area contributed by atoms with Gasteiger partial charge in [-0.3, -0.25) is 9.78 Å². The monoisotopic (exact) mass is 430 g/mol. The molecule has 0 aliphatic carbocycles. The third-order valence-electron chi connectivity index (χ3n) is 5.19. The number of benzene rings is 2. The highest BCUT2D eigenvalue weighted by atomic mass is 35.5. The van der Waals surface area contributed by atoms with Gasteiger partial charge in [0.15, 0.2) is 0 Å². The maximum absolute atomic E-state index is 12.6. The quantitative estimate of drug-likeness (QED) is 0.683. The van der Waals surface area contributed by atoms with Crippen LogP contribution in [0.1, 0.15) is 30.1 Å². The number of nitrogens with one attached hydrogen (secondary N) is 1. The lowest BCUT2D eigenvalue weighted by Crippen LogP contribution is -2.39. The van der Waals surface area contributed by atoms with Crippen molar-refractivity contribution in [3.05, 3.63) is 80.4 Å². The molecule has 0 spiro atoms.